The minimum absolute atomic E-state index is 0.190. The van der Waals surface area contributed by atoms with Crippen LogP contribution < -0.4 is 14.8 Å². The van der Waals surface area contributed by atoms with Crippen LogP contribution in [0, 0.1) is 0 Å². The van der Waals surface area contributed by atoms with E-state index in [0.717, 1.165) is 22.6 Å². The zero-order valence-electron chi connectivity index (χ0n) is 15.4. The monoisotopic (exact) mass is 366 g/mol. The first-order valence-electron chi connectivity index (χ1n) is 9.03. The number of oxime groups is 1. The molecule has 0 bridgehead atoms. The molecule has 4 rings (SSSR count). The van der Waals surface area contributed by atoms with Gasteiger partial charge in [-0.1, -0.05) is 41.6 Å². The van der Waals surface area contributed by atoms with E-state index in [1.807, 2.05) is 62.4 Å². The smallest absolute Gasteiger partial charge is 0.265 e. The van der Waals surface area contributed by atoms with Gasteiger partial charge in [0, 0.05) is 6.42 Å². The standard InChI is InChI=1S/C21H22N2O4/c1-21(2,15-8-9-17-18(12-15)26-11-10-25-17)22-20(24)19-13-16(23-27-19)14-6-4-3-5-7-14/h3-9,12,19H,10-11,13H2,1-2H3,(H,22,24). The van der Waals surface area contributed by atoms with Crippen molar-refractivity contribution in [2.75, 3.05) is 13.2 Å². The van der Waals surface area contributed by atoms with Crippen LogP contribution >= 0.6 is 0 Å². The van der Waals surface area contributed by atoms with Crippen LogP contribution in [0.5, 0.6) is 11.5 Å². The molecule has 0 aromatic heterocycles. The lowest BCUT2D eigenvalue weighted by Gasteiger charge is -2.29. The molecule has 1 amide bonds. The summed E-state index contributed by atoms with van der Waals surface area (Å²) in [5.41, 5.74) is 2.10. The summed E-state index contributed by atoms with van der Waals surface area (Å²) in [6.45, 7) is 4.97. The van der Waals surface area contributed by atoms with Crippen LogP contribution in [-0.2, 0) is 15.2 Å². The summed E-state index contributed by atoms with van der Waals surface area (Å²) < 4.78 is 11.2. The zero-order valence-corrected chi connectivity index (χ0v) is 15.4. The third-order valence-electron chi connectivity index (χ3n) is 4.77. The number of nitrogens with zero attached hydrogens (tertiary/aromatic N) is 1. The number of ether oxygens (including phenoxy) is 2. The Bertz CT molecular complexity index is 877. The number of hydrogen-bond acceptors (Lipinski definition) is 5. The van der Waals surface area contributed by atoms with Crippen LogP contribution in [0.4, 0.5) is 0 Å². The van der Waals surface area contributed by atoms with E-state index in [-0.39, 0.29) is 5.91 Å². The zero-order chi connectivity index (χ0) is 18.9. The van der Waals surface area contributed by atoms with Crippen LogP contribution in [0.25, 0.3) is 0 Å². The molecular weight excluding hydrogens is 344 g/mol. The van der Waals surface area contributed by atoms with Gasteiger partial charge in [-0.3, -0.25) is 4.79 Å². The summed E-state index contributed by atoms with van der Waals surface area (Å²) >= 11 is 0. The summed E-state index contributed by atoms with van der Waals surface area (Å²) in [5, 5.41) is 7.15. The summed E-state index contributed by atoms with van der Waals surface area (Å²) in [6, 6.07) is 15.5. The van der Waals surface area contributed by atoms with Gasteiger partial charge < -0.3 is 19.6 Å². The van der Waals surface area contributed by atoms with E-state index in [2.05, 4.69) is 10.5 Å². The highest BCUT2D eigenvalue weighted by molar-refractivity contribution is 6.04. The Morgan fingerprint density at radius 2 is 1.81 bits per heavy atom. The van der Waals surface area contributed by atoms with E-state index < -0.39 is 11.6 Å². The first-order chi connectivity index (χ1) is 13.0. The lowest BCUT2D eigenvalue weighted by atomic mass is 9.93. The third kappa shape index (κ3) is 3.60. The van der Waals surface area contributed by atoms with Gasteiger partial charge in [0.2, 0.25) is 6.10 Å². The Kier molecular flexibility index (Phi) is 4.48. The summed E-state index contributed by atoms with van der Waals surface area (Å²) in [4.78, 5) is 18.1. The topological polar surface area (TPSA) is 69.2 Å². The molecule has 0 radical (unpaired) electrons. The average molecular weight is 366 g/mol. The van der Waals surface area contributed by atoms with Crippen LogP contribution in [0.15, 0.2) is 53.7 Å². The van der Waals surface area contributed by atoms with Crippen molar-refractivity contribution in [2.45, 2.75) is 31.9 Å². The largest absolute Gasteiger partial charge is 0.486 e. The number of hydrogen-bond donors (Lipinski definition) is 1. The van der Waals surface area contributed by atoms with Crippen LogP contribution in [0.1, 0.15) is 31.4 Å². The Morgan fingerprint density at radius 1 is 1.07 bits per heavy atom. The molecule has 6 nitrogen and oxygen atoms in total. The van der Waals surface area contributed by atoms with Gasteiger partial charge in [0.05, 0.1) is 11.3 Å². The molecule has 2 aromatic carbocycles. The lowest BCUT2D eigenvalue weighted by Crippen LogP contribution is -2.46. The van der Waals surface area contributed by atoms with E-state index in [4.69, 9.17) is 14.3 Å². The SMILES string of the molecule is CC(C)(NC(=O)C1CC(c2ccccc2)=NO1)c1ccc2c(c1)OCCO2. The fraction of sp³-hybridized carbons (Fsp3) is 0.333. The van der Waals surface area contributed by atoms with Crippen molar-refractivity contribution < 1.29 is 19.1 Å². The Balaban J connectivity index is 1.43. The molecule has 2 aromatic rings. The number of benzene rings is 2. The molecule has 0 spiro atoms. The molecule has 0 fully saturated rings. The molecule has 27 heavy (non-hydrogen) atoms. The van der Waals surface area contributed by atoms with E-state index in [1.54, 1.807) is 0 Å². The fourth-order valence-corrected chi connectivity index (χ4v) is 3.21. The number of rotatable bonds is 4. The third-order valence-corrected chi connectivity index (χ3v) is 4.77. The molecule has 0 saturated heterocycles. The normalized spacial score (nSPS) is 18.4. The number of nitrogens with one attached hydrogen (secondary N) is 1. The highest BCUT2D eigenvalue weighted by Gasteiger charge is 2.33. The van der Waals surface area contributed by atoms with E-state index in [0.29, 0.717) is 25.4 Å². The average Bonchev–Trinajstić information content (AvgIpc) is 3.18. The van der Waals surface area contributed by atoms with Crippen LogP contribution in [-0.4, -0.2) is 30.9 Å². The molecular formula is C21H22N2O4. The van der Waals surface area contributed by atoms with E-state index >= 15 is 0 Å². The second-order valence-electron chi connectivity index (χ2n) is 7.17. The minimum atomic E-state index is -0.628. The van der Waals surface area contributed by atoms with Crippen molar-refractivity contribution in [3.05, 3.63) is 59.7 Å². The molecule has 1 unspecified atom stereocenters. The number of carbonyl (C=O) groups is 1. The summed E-state index contributed by atoms with van der Waals surface area (Å²) in [5.74, 6) is 1.24. The molecule has 1 atom stereocenters. The first-order valence-corrected chi connectivity index (χ1v) is 9.03. The van der Waals surface area contributed by atoms with Crippen molar-refractivity contribution in [3.8, 4) is 11.5 Å². The van der Waals surface area contributed by atoms with Gasteiger partial charge in [-0.05, 0) is 37.1 Å². The maximum atomic E-state index is 12.7. The predicted molar refractivity (Wildman–Crippen MR) is 101 cm³/mol. The maximum absolute atomic E-state index is 12.7. The van der Waals surface area contributed by atoms with E-state index in [1.165, 1.54) is 0 Å². The van der Waals surface area contributed by atoms with Gasteiger partial charge in [-0.25, -0.2) is 0 Å². The van der Waals surface area contributed by atoms with Gasteiger partial charge in [-0.2, -0.15) is 0 Å². The van der Waals surface area contributed by atoms with Gasteiger partial charge >= 0.3 is 0 Å². The molecule has 2 heterocycles. The second-order valence-corrected chi connectivity index (χ2v) is 7.17. The number of amides is 1. The quantitative estimate of drug-likeness (QED) is 0.903. The first kappa shape index (κ1) is 17.4. The molecule has 0 saturated carbocycles. The second kappa shape index (κ2) is 6.95. The number of fused-ring (bicyclic) bond motifs is 1. The summed E-state index contributed by atoms with van der Waals surface area (Å²) in [6.07, 6.45) is -0.177. The highest BCUT2D eigenvalue weighted by atomic mass is 16.6. The molecule has 140 valence electrons. The fourth-order valence-electron chi connectivity index (χ4n) is 3.21. The van der Waals surface area contributed by atoms with Crippen molar-refractivity contribution >= 4 is 11.6 Å². The van der Waals surface area contributed by atoms with Gasteiger partial charge in [0.25, 0.3) is 5.91 Å². The van der Waals surface area contributed by atoms with Crippen molar-refractivity contribution in [1.82, 2.24) is 5.32 Å². The predicted octanol–water partition coefficient (Wildman–Crippen LogP) is 3.00. The molecule has 2 aliphatic rings. The minimum Gasteiger partial charge on any atom is -0.486 e. The van der Waals surface area contributed by atoms with Gasteiger partial charge in [-0.15, -0.1) is 0 Å². The highest BCUT2D eigenvalue weighted by Crippen LogP contribution is 2.34. The van der Waals surface area contributed by atoms with Gasteiger partial charge in [0.1, 0.15) is 13.2 Å². The lowest BCUT2D eigenvalue weighted by molar-refractivity contribution is -0.133. The summed E-state index contributed by atoms with van der Waals surface area (Å²) in [7, 11) is 0. The molecule has 2 aliphatic heterocycles. The van der Waals surface area contributed by atoms with Crippen molar-refractivity contribution in [2.24, 2.45) is 5.16 Å². The van der Waals surface area contributed by atoms with Crippen molar-refractivity contribution in [1.29, 1.82) is 0 Å². The maximum Gasteiger partial charge on any atom is 0.265 e. The van der Waals surface area contributed by atoms with Crippen LogP contribution in [0.3, 0.4) is 0 Å². The Hall–Kier alpha value is -3.02. The Morgan fingerprint density at radius 3 is 2.59 bits per heavy atom. The molecule has 0 aliphatic carbocycles. The van der Waals surface area contributed by atoms with Crippen LogP contribution in [0.2, 0.25) is 0 Å². The van der Waals surface area contributed by atoms with Crippen molar-refractivity contribution in [3.63, 3.8) is 0 Å². The van der Waals surface area contributed by atoms with E-state index in [9.17, 15) is 4.79 Å². The Labute approximate surface area is 158 Å². The number of carbonyl (C=O) groups excluding carboxylic acids is 1. The molecule has 6 heteroatoms. The van der Waals surface area contributed by atoms with Gasteiger partial charge in [0.15, 0.2) is 11.5 Å². The molecule has 1 N–H and O–H groups in total.